The van der Waals surface area contributed by atoms with Crippen LogP contribution in [0, 0.1) is 0 Å². The molecule has 0 aliphatic rings. The van der Waals surface area contributed by atoms with Gasteiger partial charge in [0.05, 0.1) is 19.4 Å². The Morgan fingerprint density at radius 1 is 1.25 bits per heavy atom. The Bertz CT molecular complexity index is 726. The summed E-state index contributed by atoms with van der Waals surface area (Å²) in [6.45, 7) is 0.859. The summed E-state index contributed by atoms with van der Waals surface area (Å²) in [7, 11) is 1.95. The molecule has 0 amide bonds. The van der Waals surface area contributed by atoms with Crippen molar-refractivity contribution in [1.82, 2.24) is 9.88 Å². The Balaban J connectivity index is 1.72. The van der Waals surface area contributed by atoms with E-state index in [-0.39, 0.29) is 5.78 Å². The molecule has 102 valence electrons. The van der Waals surface area contributed by atoms with E-state index in [1.807, 2.05) is 54.2 Å². The molecule has 4 nitrogen and oxygen atoms in total. The minimum absolute atomic E-state index is 0.0911. The molecule has 0 unspecified atom stereocenters. The van der Waals surface area contributed by atoms with Crippen LogP contribution in [0.2, 0.25) is 0 Å². The lowest BCUT2D eigenvalue weighted by Crippen LogP contribution is -2.22. The number of hydrogen-bond donors (Lipinski definition) is 1. The van der Waals surface area contributed by atoms with Gasteiger partial charge in [-0.3, -0.25) is 4.79 Å². The smallest absolute Gasteiger partial charge is 0.178 e. The summed E-state index contributed by atoms with van der Waals surface area (Å²) in [5.74, 6) is 0.920. The molecule has 4 heteroatoms. The number of carbonyl (C=O) groups excluding carboxylic acids is 1. The van der Waals surface area contributed by atoms with Crippen LogP contribution in [0.4, 0.5) is 0 Å². The Morgan fingerprint density at radius 2 is 2.10 bits per heavy atom. The highest BCUT2D eigenvalue weighted by molar-refractivity contribution is 6.09. The molecule has 0 bridgehead atoms. The zero-order chi connectivity index (χ0) is 13.9. The van der Waals surface area contributed by atoms with Gasteiger partial charge in [0, 0.05) is 29.7 Å². The van der Waals surface area contributed by atoms with Crippen molar-refractivity contribution in [2.75, 3.05) is 6.54 Å². The molecule has 0 saturated carbocycles. The van der Waals surface area contributed by atoms with Crippen molar-refractivity contribution < 1.29 is 9.21 Å². The third-order valence-corrected chi connectivity index (χ3v) is 3.36. The van der Waals surface area contributed by atoms with Gasteiger partial charge in [0.25, 0.3) is 0 Å². The molecule has 0 radical (unpaired) electrons. The van der Waals surface area contributed by atoms with Gasteiger partial charge in [-0.1, -0.05) is 18.2 Å². The van der Waals surface area contributed by atoms with Gasteiger partial charge in [0.15, 0.2) is 5.78 Å². The van der Waals surface area contributed by atoms with Crippen LogP contribution in [0.5, 0.6) is 0 Å². The number of aryl methyl sites for hydroxylation is 1. The van der Waals surface area contributed by atoms with E-state index in [1.165, 1.54) is 0 Å². The summed E-state index contributed by atoms with van der Waals surface area (Å²) < 4.78 is 7.20. The summed E-state index contributed by atoms with van der Waals surface area (Å²) in [6.07, 6.45) is 3.52. The SMILES string of the molecule is Cn1cc(C(=O)CNCc2ccco2)c2ccccc21. The monoisotopic (exact) mass is 268 g/mol. The molecule has 2 heterocycles. The van der Waals surface area contributed by atoms with Crippen LogP contribution in [0.1, 0.15) is 16.1 Å². The fraction of sp³-hybridized carbons (Fsp3) is 0.188. The second kappa shape index (κ2) is 5.35. The molecule has 1 N–H and O–H groups in total. The van der Waals surface area contributed by atoms with Crippen molar-refractivity contribution in [3.8, 4) is 0 Å². The van der Waals surface area contributed by atoms with Gasteiger partial charge in [0.1, 0.15) is 5.76 Å². The van der Waals surface area contributed by atoms with E-state index < -0.39 is 0 Å². The molecule has 3 rings (SSSR count). The highest BCUT2D eigenvalue weighted by Gasteiger charge is 2.13. The number of ketones is 1. The zero-order valence-corrected chi connectivity index (χ0v) is 11.3. The Morgan fingerprint density at radius 3 is 2.90 bits per heavy atom. The van der Waals surface area contributed by atoms with E-state index >= 15 is 0 Å². The molecule has 0 aliphatic heterocycles. The minimum atomic E-state index is 0.0911. The van der Waals surface area contributed by atoms with Crippen LogP contribution < -0.4 is 5.32 Å². The van der Waals surface area contributed by atoms with Gasteiger partial charge in [-0.2, -0.15) is 0 Å². The number of Topliss-reactive ketones (excluding diaryl/α,β-unsaturated/α-hetero) is 1. The van der Waals surface area contributed by atoms with Crippen LogP contribution in [0.15, 0.2) is 53.3 Å². The first-order chi connectivity index (χ1) is 9.75. The summed E-state index contributed by atoms with van der Waals surface area (Å²) in [5.41, 5.74) is 1.83. The molecule has 1 aromatic carbocycles. The number of nitrogens with zero attached hydrogens (tertiary/aromatic N) is 1. The predicted molar refractivity (Wildman–Crippen MR) is 77.7 cm³/mol. The van der Waals surface area contributed by atoms with Crippen molar-refractivity contribution in [1.29, 1.82) is 0 Å². The molecular formula is C16H16N2O2. The average Bonchev–Trinajstić information content (AvgIpc) is 3.08. The van der Waals surface area contributed by atoms with Crippen LogP contribution in [-0.4, -0.2) is 16.9 Å². The van der Waals surface area contributed by atoms with Crippen molar-refractivity contribution >= 4 is 16.7 Å². The zero-order valence-electron chi connectivity index (χ0n) is 11.3. The first-order valence-electron chi connectivity index (χ1n) is 6.56. The second-order valence-electron chi connectivity index (χ2n) is 4.78. The average molecular weight is 268 g/mol. The van der Waals surface area contributed by atoms with Gasteiger partial charge >= 0.3 is 0 Å². The number of fused-ring (bicyclic) bond motifs is 1. The van der Waals surface area contributed by atoms with E-state index in [0.29, 0.717) is 13.1 Å². The lowest BCUT2D eigenvalue weighted by atomic mass is 10.1. The molecule has 0 aliphatic carbocycles. The quantitative estimate of drug-likeness (QED) is 0.724. The van der Waals surface area contributed by atoms with Gasteiger partial charge in [-0.05, 0) is 18.2 Å². The first kappa shape index (κ1) is 12.7. The summed E-state index contributed by atoms with van der Waals surface area (Å²) in [5, 5.41) is 4.11. The molecule has 0 saturated heterocycles. The molecule has 0 atom stereocenters. The molecule has 3 aromatic rings. The number of carbonyl (C=O) groups is 1. The fourth-order valence-electron chi connectivity index (χ4n) is 2.37. The Hall–Kier alpha value is -2.33. The molecule has 0 spiro atoms. The topological polar surface area (TPSA) is 47.2 Å². The highest BCUT2D eigenvalue weighted by Crippen LogP contribution is 2.20. The van der Waals surface area contributed by atoms with Crippen molar-refractivity contribution in [2.24, 2.45) is 7.05 Å². The van der Waals surface area contributed by atoms with Crippen LogP contribution in [-0.2, 0) is 13.6 Å². The minimum Gasteiger partial charge on any atom is -0.468 e. The lowest BCUT2D eigenvalue weighted by Gasteiger charge is -2.01. The lowest BCUT2D eigenvalue weighted by molar-refractivity contribution is 0.0991. The van der Waals surface area contributed by atoms with E-state index in [1.54, 1.807) is 6.26 Å². The summed E-state index contributed by atoms with van der Waals surface area (Å²) >= 11 is 0. The van der Waals surface area contributed by atoms with Crippen LogP contribution in [0.3, 0.4) is 0 Å². The summed E-state index contributed by atoms with van der Waals surface area (Å²) in [4.78, 5) is 12.3. The van der Waals surface area contributed by atoms with Crippen molar-refractivity contribution in [3.63, 3.8) is 0 Å². The van der Waals surface area contributed by atoms with Crippen molar-refractivity contribution in [2.45, 2.75) is 6.54 Å². The normalized spacial score (nSPS) is 11.1. The van der Waals surface area contributed by atoms with Crippen LogP contribution >= 0.6 is 0 Å². The molecule has 20 heavy (non-hydrogen) atoms. The number of aromatic nitrogens is 1. The van der Waals surface area contributed by atoms with Crippen LogP contribution in [0.25, 0.3) is 10.9 Å². The van der Waals surface area contributed by atoms with E-state index in [2.05, 4.69) is 5.32 Å². The number of benzene rings is 1. The number of rotatable bonds is 5. The van der Waals surface area contributed by atoms with E-state index in [9.17, 15) is 4.79 Å². The molecule has 2 aromatic heterocycles. The maximum Gasteiger partial charge on any atom is 0.178 e. The number of nitrogens with one attached hydrogen (secondary N) is 1. The standard InChI is InChI=1S/C16H16N2O2/c1-18-11-14(13-6-2-3-7-15(13)18)16(19)10-17-9-12-5-4-8-20-12/h2-8,11,17H,9-10H2,1H3. The largest absolute Gasteiger partial charge is 0.468 e. The third-order valence-electron chi connectivity index (χ3n) is 3.36. The predicted octanol–water partition coefficient (Wildman–Crippen LogP) is 2.74. The third kappa shape index (κ3) is 2.38. The van der Waals surface area contributed by atoms with E-state index in [4.69, 9.17) is 4.42 Å². The summed E-state index contributed by atoms with van der Waals surface area (Å²) in [6, 6.07) is 11.7. The maximum absolute atomic E-state index is 12.3. The first-order valence-corrected chi connectivity index (χ1v) is 6.56. The Kier molecular flexibility index (Phi) is 3.39. The fourth-order valence-corrected chi connectivity index (χ4v) is 2.37. The van der Waals surface area contributed by atoms with Gasteiger partial charge in [0.2, 0.25) is 0 Å². The highest BCUT2D eigenvalue weighted by atomic mass is 16.3. The molecular weight excluding hydrogens is 252 g/mol. The van der Waals surface area contributed by atoms with Gasteiger partial charge < -0.3 is 14.3 Å². The van der Waals surface area contributed by atoms with Gasteiger partial charge in [-0.15, -0.1) is 0 Å². The number of para-hydroxylation sites is 1. The molecule has 0 fully saturated rings. The van der Waals surface area contributed by atoms with E-state index in [0.717, 1.165) is 22.2 Å². The Labute approximate surface area is 117 Å². The maximum atomic E-state index is 12.3. The van der Waals surface area contributed by atoms with Gasteiger partial charge in [-0.25, -0.2) is 0 Å². The second-order valence-corrected chi connectivity index (χ2v) is 4.78. The number of furan rings is 1. The van der Waals surface area contributed by atoms with Crippen molar-refractivity contribution in [3.05, 3.63) is 60.2 Å². The number of hydrogen-bond acceptors (Lipinski definition) is 3.